The molecule has 0 amide bonds. The Morgan fingerprint density at radius 1 is 0.840 bits per heavy atom. The summed E-state index contributed by atoms with van der Waals surface area (Å²) in [5.41, 5.74) is 0. The van der Waals surface area contributed by atoms with Crippen molar-refractivity contribution in [2.24, 2.45) is 0 Å². The number of hydrogen-bond donors (Lipinski definition) is 2. The predicted octanol–water partition coefficient (Wildman–Crippen LogP) is 5.52. The third-order valence-electron chi connectivity index (χ3n) is 3.20. The van der Waals surface area contributed by atoms with Gasteiger partial charge in [-0.05, 0) is 38.5 Å². The molecule has 0 aromatic heterocycles. The highest BCUT2D eigenvalue weighted by Gasteiger charge is 1.95. The van der Waals surface area contributed by atoms with E-state index in [9.17, 15) is 9.90 Å². The van der Waals surface area contributed by atoms with E-state index in [4.69, 9.17) is 5.11 Å². The van der Waals surface area contributed by atoms with Gasteiger partial charge in [0.2, 0.25) is 0 Å². The number of aliphatic hydroxyl groups excluding tert-OH is 1. The van der Waals surface area contributed by atoms with Gasteiger partial charge in [-0.2, -0.15) is 0 Å². The molecule has 0 spiro atoms. The lowest BCUT2D eigenvalue weighted by atomic mass is 10.2. The molecule has 0 aromatic carbocycles. The van der Waals surface area contributed by atoms with Crippen LogP contribution in [0.1, 0.15) is 51.9 Å². The summed E-state index contributed by atoms with van der Waals surface area (Å²) in [5.74, 6) is -0.801. The van der Waals surface area contributed by atoms with E-state index in [1.54, 1.807) is 12.2 Å². The fraction of sp³-hybridized carbons (Fsp3) is 0.409. The summed E-state index contributed by atoms with van der Waals surface area (Å²) in [4.78, 5) is 10.3. The number of hydrogen-bond acceptors (Lipinski definition) is 2. The van der Waals surface area contributed by atoms with Crippen molar-refractivity contribution in [3.05, 3.63) is 72.9 Å². The first-order valence-corrected chi connectivity index (χ1v) is 9.00. The SMILES string of the molecule is CC/C=C/C/C=C/C/C=C/C/C=C/C=C\[C@H](O)C/C=C\CCC(=O)O. The second-order valence-corrected chi connectivity index (χ2v) is 5.55. The zero-order valence-corrected chi connectivity index (χ0v) is 15.3. The number of rotatable bonds is 14. The Morgan fingerprint density at radius 3 is 2.04 bits per heavy atom. The monoisotopic (exact) mass is 344 g/mol. The number of aliphatic hydroxyl groups is 1. The van der Waals surface area contributed by atoms with E-state index in [1.165, 1.54) is 0 Å². The molecule has 2 N–H and O–H groups in total. The number of allylic oxidation sites excluding steroid dienone is 10. The fourth-order valence-corrected chi connectivity index (χ4v) is 1.87. The molecule has 0 radical (unpaired) electrons. The standard InChI is InChI=1S/C22H32O3/c1-2-3-4-5-6-7-8-9-10-11-12-13-15-18-21(23)19-16-14-17-20-22(24)25/h3-4,6-7,9-10,12-16,18,21,23H,2,5,8,11,17,19-20H2,1H3,(H,24,25)/b4-3+,7-6+,10-9+,13-12+,16-14-,18-15-/t21-/m0/s1. The third kappa shape index (κ3) is 19.8. The van der Waals surface area contributed by atoms with Gasteiger partial charge in [0, 0.05) is 6.42 Å². The first-order valence-electron chi connectivity index (χ1n) is 9.00. The van der Waals surface area contributed by atoms with Crippen LogP contribution in [-0.2, 0) is 4.79 Å². The van der Waals surface area contributed by atoms with Crippen LogP contribution in [0.4, 0.5) is 0 Å². The highest BCUT2D eigenvalue weighted by molar-refractivity contribution is 5.66. The number of carboxylic acids is 1. The van der Waals surface area contributed by atoms with Crippen molar-refractivity contribution in [3.8, 4) is 0 Å². The van der Waals surface area contributed by atoms with Crippen molar-refractivity contribution in [1.29, 1.82) is 0 Å². The van der Waals surface area contributed by atoms with E-state index in [2.05, 4.69) is 43.4 Å². The summed E-state index contributed by atoms with van der Waals surface area (Å²) in [7, 11) is 0. The minimum absolute atomic E-state index is 0.129. The topological polar surface area (TPSA) is 57.5 Å². The Hall–Kier alpha value is -2.13. The lowest BCUT2D eigenvalue weighted by Crippen LogP contribution is -1.99. The molecule has 138 valence electrons. The molecule has 3 nitrogen and oxygen atoms in total. The molecule has 1 atom stereocenters. The molecule has 0 aromatic rings. The number of aliphatic carboxylic acids is 1. The van der Waals surface area contributed by atoms with E-state index in [0.717, 1.165) is 25.7 Å². The maximum Gasteiger partial charge on any atom is 0.303 e. The lowest BCUT2D eigenvalue weighted by molar-refractivity contribution is -0.136. The molecule has 0 aliphatic carbocycles. The number of carboxylic acid groups (broad SMARTS) is 1. The Kier molecular flexibility index (Phi) is 16.7. The van der Waals surface area contributed by atoms with Gasteiger partial charge < -0.3 is 10.2 Å². The average molecular weight is 344 g/mol. The van der Waals surface area contributed by atoms with Crippen LogP contribution < -0.4 is 0 Å². The Morgan fingerprint density at radius 2 is 1.44 bits per heavy atom. The van der Waals surface area contributed by atoms with Gasteiger partial charge in [0.05, 0.1) is 6.10 Å². The first-order chi connectivity index (χ1) is 12.2. The summed E-state index contributed by atoms with van der Waals surface area (Å²) in [6.07, 6.45) is 28.6. The summed E-state index contributed by atoms with van der Waals surface area (Å²) >= 11 is 0. The summed E-state index contributed by atoms with van der Waals surface area (Å²) in [6, 6.07) is 0. The van der Waals surface area contributed by atoms with Crippen LogP contribution in [0.3, 0.4) is 0 Å². The molecule has 0 unspecified atom stereocenters. The molecular weight excluding hydrogens is 312 g/mol. The van der Waals surface area contributed by atoms with Crippen LogP contribution in [0.15, 0.2) is 72.9 Å². The van der Waals surface area contributed by atoms with Gasteiger partial charge in [0.25, 0.3) is 0 Å². The molecule has 25 heavy (non-hydrogen) atoms. The minimum atomic E-state index is -0.801. The average Bonchev–Trinajstić information content (AvgIpc) is 2.58. The first kappa shape index (κ1) is 22.9. The molecule has 3 heteroatoms. The molecular formula is C22H32O3. The van der Waals surface area contributed by atoms with Crippen molar-refractivity contribution in [2.45, 2.75) is 58.0 Å². The van der Waals surface area contributed by atoms with Gasteiger partial charge in [-0.25, -0.2) is 0 Å². The van der Waals surface area contributed by atoms with Crippen molar-refractivity contribution < 1.29 is 15.0 Å². The van der Waals surface area contributed by atoms with E-state index in [0.29, 0.717) is 12.8 Å². The van der Waals surface area contributed by atoms with Crippen molar-refractivity contribution in [3.63, 3.8) is 0 Å². The molecule has 0 aliphatic rings. The molecule has 0 bridgehead atoms. The van der Waals surface area contributed by atoms with E-state index >= 15 is 0 Å². The van der Waals surface area contributed by atoms with Crippen LogP contribution in [-0.4, -0.2) is 22.3 Å². The van der Waals surface area contributed by atoms with Crippen LogP contribution in [0.2, 0.25) is 0 Å². The summed E-state index contributed by atoms with van der Waals surface area (Å²) in [6.45, 7) is 2.13. The molecule has 0 rings (SSSR count). The van der Waals surface area contributed by atoms with Crippen molar-refractivity contribution in [2.75, 3.05) is 0 Å². The van der Waals surface area contributed by atoms with Gasteiger partial charge in [-0.3, -0.25) is 4.79 Å². The van der Waals surface area contributed by atoms with E-state index in [1.807, 2.05) is 24.3 Å². The minimum Gasteiger partial charge on any atom is -0.481 e. The lowest BCUT2D eigenvalue weighted by Gasteiger charge is -1.98. The molecule has 0 fully saturated rings. The third-order valence-corrected chi connectivity index (χ3v) is 3.20. The highest BCUT2D eigenvalue weighted by Crippen LogP contribution is 1.99. The zero-order valence-electron chi connectivity index (χ0n) is 15.3. The van der Waals surface area contributed by atoms with Crippen LogP contribution >= 0.6 is 0 Å². The maximum atomic E-state index is 10.3. The zero-order chi connectivity index (χ0) is 18.6. The van der Waals surface area contributed by atoms with Gasteiger partial charge in [-0.1, -0.05) is 79.8 Å². The normalized spacial score (nSPS) is 14.3. The van der Waals surface area contributed by atoms with Gasteiger partial charge in [0.15, 0.2) is 0 Å². The second kappa shape index (κ2) is 18.2. The molecule has 0 saturated heterocycles. The van der Waals surface area contributed by atoms with Gasteiger partial charge >= 0.3 is 5.97 Å². The van der Waals surface area contributed by atoms with Gasteiger partial charge in [-0.15, -0.1) is 0 Å². The molecule has 0 aliphatic heterocycles. The van der Waals surface area contributed by atoms with Crippen LogP contribution in [0.5, 0.6) is 0 Å². The smallest absolute Gasteiger partial charge is 0.303 e. The Balaban J connectivity index is 3.71. The fourth-order valence-electron chi connectivity index (χ4n) is 1.87. The summed E-state index contributed by atoms with van der Waals surface area (Å²) in [5, 5.41) is 18.2. The molecule has 0 saturated carbocycles. The quantitative estimate of drug-likeness (QED) is 0.322. The highest BCUT2D eigenvalue weighted by atomic mass is 16.4. The molecule has 0 heterocycles. The largest absolute Gasteiger partial charge is 0.481 e. The van der Waals surface area contributed by atoms with Crippen LogP contribution in [0, 0.1) is 0 Å². The Labute approximate surface area is 152 Å². The Bertz CT molecular complexity index is 493. The maximum absolute atomic E-state index is 10.3. The van der Waals surface area contributed by atoms with Crippen LogP contribution in [0.25, 0.3) is 0 Å². The van der Waals surface area contributed by atoms with Crippen molar-refractivity contribution >= 4 is 5.97 Å². The predicted molar refractivity (Wildman–Crippen MR) is 106 cm³/mol. The van der Waals surface area contributed by atoms with E-state index in [-0.39, 0.29) is 6.42 Å². The second-order valence-electron chi connectivity index (χ2n) is 5.55. The van der Waals surface area contributed by atoms with Gasteiger partial charge in [0.1, 0.15) is 0 Å². The number of carbonyl (C=O) groups is 1. The summed E-state index contributed by atoms with van der Waals surface area (Å²) < 4.78 is 0. The van der Waals surface area contributed by atoms with E-state index < -0.39 is 12.1 Å². The van der Waals surface area contributed by atoms with Crippen molar-refractivity contribution in [1.82, 2.24) is 0 Å².